The number of nitrogens with zero attached hydrogens (tertiary/aromatic N) is 1. The molecule has 1 aliphatic rings. The van der Waals surface area contributed by atoms with E-state index in [0.29, 0.717) is 16.8 Å². The highest BCUT2D eigenvalue weighted by molar-refractivity contribution is 7.91. The first-order chi connectivity index (χ1) is 9.18. The highest BCUT2D eigenvalue weighted by Crippen LogP contribution is 2.26. The maximum atomic E-state index is 12.5. The molecule has 0 atom stereocenters. The second-order valence-corrected chi connectivity index (χ2v) is 9.93. The van der Waals surface area contributed by atoms with Crippen molar-refractivity contribution < 1.29 is 8.42 Å². The molecule has 20 heavy (non-hydrogen) atoms. The molecule has 114 valence electrons. The lowest BCUT2D eigenvalue weighted by Gasteiger charge is -2.25. The summed E-state index contributed by atoms with van der Waals surface area (Å²) < 4.78 is 26.9. The third kappa shape index (κ3) is 4.28. The number of nitrogens with one attached hydrogen (secondary N) is 1. The van der Waals surface area contributed by atoms with E-state index in [-0.39, 0.29) is 5.41 Å². The van der Waals surface area contributed by atoms with Crippen molar-refractivity contribution in [3.8, 4) is 0 Å². The highest BCUT2D eigenvalue weighted by Gasteiger charge is 2.27. The molecule has 0 saturated heterocycles. The van der Waals surface area contributed by atoms with Crippen molar-refractivity contribution in [2.75, 3.05) is 13.6 Å². The third-order valence-corrected chi connectivity index (χ3v) is 6.43. The predicted molar refractivity (Wildman–Crippen MR) is 83.5 cm³/mol. The van der Waals surface area contributed by atoms with Gasteiger partial charge in [0.1, 0.15) is 4.21 Å². The molecule has 0 amide bonds. The summed E-state index contributed by atoms with van der Waals surface area (Å²) in [6.45, 7) is 7.40. The maximum Gasteiger partial charge on any atom is 0.252 e. The summed E-state index contributed by atoms with van der Waals surface area (Å²) in [7, 11) is -1.70. The minimum Gasteiger partial charge on any atom is -0.310 e. The summed E-state index contributed by atoms with van der Waals surface area (Å²) in [6.07, 6.45) is 2.48. The third-order valence-electron chi connectivity index (χ3n) is 3.16. The van der Waals surface area contributed by atoms with E-state index < -0.39 is 10.0 Å². The summed E-state index contributed by atoms with van der Waals surface area (Å²) in [5.74, 6) is 0. The van der Waals surface area contributed by atoms with Crippen LogP contribution in [-0.4, -0.2) is 32.4 Å². The molecule has 1 N–H and O–H groups in total. The normalized spacial score (nSPS) is 16.9. The Kier molecular flexibility index (Phi) is 4.59. The predicted octanol–water partition coefficient (Wildman–Crippen LogP) is 2.67. The molecule has 2 rings (SSSR count). The Hall–Kier alpha value is -0.430. The van der Waals surface area contributed by atoms with Crippen molar-refractivity contribution in [3.63, 3.8) is 0 Å². The zero-order valence-electron chi connectivity index (χ0n) is 12.6. The van der Waals surface area contributed by atoms with Gasteiger partial charge < -0.3 is 5.32 Å². The van der Waals surface area contributed by atoms with E-state index in [1.807, 2.05) is 26.2 Å². The minimum atomic E-state index is -3.35. The summed E-state index contributed by atoms with van der Waals surface area (Å²) in [5, 5.41) is 5.34. The number of sulfonamides is 1. The van der Waals surface area contributed by atoms with Crippen LogP contribution in [0.15, 0.2) is 15.7 Å². The summed E-state index contributed by atoms with van der Waals surface area (Å²) in [5.41, 5.74) is 1.01. The minimum absolute atomic E-state index is 0.0462. The van der Waals surface area contributed by atoms with Gasteiger partial charge in [-0.2, -0.15) is 4.31 Å². The van der Waals surface area contributed by atoms with Gasteiger partial charge in [-0.3, -0.25) is 0 Å². The van der Waals surface area contributed by atoms with Crippen molar-refractivity contribution >= 4 is 21.4 Å². The van der Waals surface area contributed by atoms with Gasteiger partial charge in [-0.25, -0.2) is 8.42 Å². The van der Waals surface area contributed by atoms with Gasteiger partial charge in [0.2, 0.25) is 0 Å². The van der Waals surface area contributed by atoms with Crippen LogP contribution in [0.1, 0.15) is 39.2 Å². The monoisotopic (exact) mass is 316 g/mol. The first-order valence-corrected chi connectivity index (χ1v) is 9.27. The van der Waals surface area contributed by atoms with Crippen LogP contribution in [0.25, 0.3) is 0 Å². The molecule has 1 aliphatic carbocycles. The average Bonchev–Trinajstić information content (AvgIpc) is 3.01. The summed E-state index contributed by atoms with van der Waals surface area (Å²) in [4.78, 5) is 0. The molecule has 0 bridgehead atoms. The van der Waals surface area contributed by atoms with E-state index in [1.54, 1.807) is 13.1 Å². The van der Waals surface area contributed by atoms with Gasteiger partial charge in [-0.05, 0) is 35.3 Å². The standard InChI is InChI=1S/C14H24N2O2S2/c1-14(2,3)10-16(4)20(17,18)13-7-11(9-19-13)8-15-12-5-6-12/h7,9,12,15H,5-6,8,10H2,1-4H3. The van der Waals surface area contributed by atoms with E-state index in [9.17, 15) is 8.42 Å². The zero-order chi connectivity index (χ0) is 15.0. The largest absolute Gasteiger partial charge is 0.310 e. The van der Waals surface area contributed by atoms with E-state index in [4.69, 9.17) is 0 Å². The lowest BCUT2D eigenvalue weighted by atomic mass is 9.97. The van der Waals surface area contributed by atoms with Crippen LogP contribution < -0.4 is 5.32 Å². The molecule has 0 aliphatic heterocycles. The molecule has 1 aromatic heterocycles. The first kappa shape index (κ1) is 15.9. The molecule has 0 radical (unpaired) electrons. The van der Waals surface area contributed by atoms with E-state index in [0.717, 1.165) is 12.1 Å². The van der Waals surface area contributed by atoms with E-state index in [2.05, 4.69) is 5.32 Å². The van der Waals surface area contributed by atoms with Gasteiger partial charge in [0.25, 0.3) is 10.0 Å². The van der Waals surface area contributed by atoms with Crippen LogP contribution >= 0.6 is 11.3 Å². The molecule has 0 spiro atoms. The van der Waals surface area contributed by atoms with Gasteiger partial charge in [-0.1, -0.05) is 20.8 Å². The lowest BCUT2D eigenvalue weighted by molar-refractivity contribution is 0.311. The van der Waals surface area contributed by atoms with E-state index >= 15 is 0 Å². The van der Waals surface area contributed by atoms with Crippen LogP contribution in [0, 0.1) is 5.41 Å². The summed E-state index contributed by atoms with van der Waals surface area (Å²) in [6, 6.07) is 2.44. The molecular formula is C14H24N2O2S2. The Balaban J connectivity index is 2.04. The second kappa shape index (κ2) is 5.75. The van der Waals surface area contributed by atoms with E-state index in [1.165, 1.54) is 28.5 Å². The van der Waals surface area contributed by atoms with Gasteiger partial charge >= 0.3 is 0 Å². The number of hydrogen-bond acceptors (Lipinski definition) is 4. The van der Waals surface area contributed by atoms with Crippen LogP contribution in [0.3, 0.4) is 0 Å². The fraction of sp³-hybridized carbons (Fsp3) is 0.714. The van der Waals surface area contributed by atoms with Crippen molar-refractivity contribution in [3.05, 3.63) is 17.0 Å². The number of rotatable bonds is 6. The quantitative estimate of drug-likeness (QED) is 0.878. The second-order valence-electron chi connectivity index (χ2n) is 6.75. The Morgan fingerprint density at radius 2 is 2.05 bits per heavy atom. The number of thiophene rings is 1. The molecule has 1 aromatic rings. The van der Waals surface area contributed by atoms with Crippen molar-refractivity contribution in [2.24, 2.45) is 5.41 Å². The molecule has 0 aromatic carbocycles. The SMILES string of the molecule is CN(CC(C)(C)C)S(=O)(=O)c1cc(CNC2CC2)cs1. The van der Waals surface area contributed by atoms with Crippen LogP contribution in [0.5, 0.6) is 0 Å². The molecule has 1 fully saturated rings. The smallest absolute Gasteiger partial charge is 0.252 e. The summed E-state index contributed by atoms with van der Waals surface area (Å²) >= 11 is 1.31. The molecule has 4 nitrogen and oxygen atoms in total. The van der Waals surface area contributed by atoms with Crippen molar-refractivity contribution in [1.29, 1.82) is 0 Å². The van der Waals surface area contributed by atoms with Gasteiger partial charge in [0.05, 0.1) is 0 Å². The van der Waals surface area contributed by atoms with Gasteiger partial charge in [-0.15, -0.1) is 11.3 Å². The molecule has 6 heteroatoms. The fourth-order valence-corrected chi connectivity index (χ4v) is 4.85. The van der Waals surface area contributed by atoms with Gasteiger partial charge in [0, 0.05) is 26.2 Å². The van der Waals surface area contributed by atoms with Crippen LogP contribution in [0.2, 0.25) is 0 Å². The Labute approximate surface area is 126 Å². The first-order valence-electron chi connectivity index (χ1n) is 6.96. The Morgan fingerprint density at radius 3 is 2.60 bits per heavy atom. The molecule has 1 heterocycles. The van der Waals surface area contributed by atoms with Crippen molar-refractivity contribution in [2.45, 2.75) is 50.4 Å². The zero-order valence-corrected chi connectivity index (χ0v) is 14.3. The molecule has 0 unspecified atom stereocenters. The Bertz CT molecular complexity index is 554. The topological polar surface area (TPSA) is 49.4 Å². The number of hydrogen-bond donors (Lipinski definition) is 1. The highest BCUT2D eigenvalue weighted by atomic mass is 32.2. The lowest BCUT2D eigenvalue weighted by Crippen LogP contribution is -2.34. The molecular weight excluding hydrogens is 292 g/mol. The fourth-order valence-electron chi connectivity index (χ4n) is 2.04. The average molecular weight is 316 g/mol. The Morgan fingerprint density at radius 1 is 1.40 bits per heavy atom. The van der Waals surface area contributed by atoms with Crippen LogP contribution in [-0.2, 0) is 16.6 Å². The molecule has 1 saturated carbocycles. The van der Waals surface area contributed by atoms with Crippen molar-refractivity contribution in [1.82, 2.24) is 9.62 Å². The van der Waals surface area contributed by atoms with Gasteiger partial charge in [0.15, 0.2) is 0 Å². The maximum absolute atomic E-state index is 12.5. The van der Waals surface area contributed by atoms with Crippen LogP contribution in [0.4, 0.5) is 0 Å².